The Morgan fingerprint density at radius 2 is 1.47 bits per heavy atom. The summed E-state index contributed by atoms with van der Waals surface area (Å²) in [6.45, 7) is 1.79. The first-order chi connectivity index (χ1) is 20.7. The van der Waals surface area contributed by atoms with Gasteiger partial charge in [-0.1, -0.05) is 67.1 Å². The molecule has 11 heteroatoms. The number of halogens is 3. The van der Waals surface area contributed by atoms with Crippen LogP contribution in [0.3, 0.4) is 0 Å². The number of aromatic nitrogens is 1. The number of anilines is 1. The molecule has 1 fully saturated rings. The van der Waals surface area contributed by atoms with Crippen LogP contribution in [0.25, 0.3) is 22.6 Å². The summed E-state index contributed by atoms with van der Waals surface area (Å²) in [5.74, 6) is -6.10. The molecule has 0 aliphatic heterocycles. The molecular formula is C32H28F3N3O5. The fourth-order valence-corrected chi connectivity index (χ4v) is 5.16. The maximum Gasteiger partial charge on any atom is 0.452 e. The van der Waals surface area contributed by atoms with E-state index in [1.807, 2.05) is 30.3 Å². The van der Waals surface area contributed by atoms with Crippen molar-refractivity contribution in [2.75, 3.05) is 11.6 Å². The van der Waals surface area contributed by atoms with Gasteiger partial charge in [-0.2, -0.15) is 13.2 Å². The zero-order valence-corrected chi connectivity index (χ0v) is 23.1. The molecule has 222 valence electrons. The van der Waals surface area contributed by atoms with Crippen LogP contribution in [-0.2, 0) is 20.5 Å². The van der Waals surface area contributed by atoms with Crippen molar-refractivity contribution in [3.8, 4) is 22.6 Å². The Balaban J connectivity index is 1.51. The summed E-state index contributed by atoms with van der Waals surface area (Å²) in [7, 11) is 0. The van der Waals surface area contributed by atoms with Crippen molar-refractivity contribution in [2.24, 2.45) is 11.8 Å². The lowest BCUT2D eigenvalue weighted by Crippen LogP contribution is -2.50. The van der Waals surface area contributed by atoms with E-state index in [2.05, 4.69) is 10.4 Å². The van der Waals surface area contributed by atoms with Crippen molar-refractivity contribution in [2.45, 2.75) is 32.4 Å². The standard InChI is InChI=1S/C32H28F3N3O5/c1-2-42-31(41)25-15-9-14-24(25)30(40)38(23-18-16-21(17-19-23)20-10-5-3-6-11-20)37-28(39)26-27(32(33,34)35)43-29(36-26)22-12-7-4-8-13-22/h3-8,10-13,16-19,24-25H,2,9,14-15H2,1H3,(H,37,39). The Bertz CT molecular complexity index is 1590. The van der Waals surface area contributed by atoms with E-state index in [-0.39, 0.29) is 17.9 Å². The van der Waals surface area contributed by atoms with Crippen molar-refractivity contribution in [1.82, 2.24) is 10.4 Å². The number of carbonyl (C=O) groups excluding carboxylic acids is 3. The summed E-state index contributed by atoms with van der Waals surface area (Å²) in [6, 6.07) is 23.8. The number of oxazole rings is 1. The molecule has 2 unspecified atom stereocenters. The molecule has 0 radical (unpaired) electrons. The lowest BCUT2D eigenvalue weighted by Gasteiger charge is -2.28. The van der Waals surface area contributed by atoms with E-state index >= 15 is 0 Å². The summed E-state index contributed by atoms with van der Waals surface area (Å²) in [5, 5.41) is 0.885. The molecule has 1 aliphatic rings. The van der Waals surface area contributed by atoms with Gasteiger partial charge in [0.05, 0.1) is 24.1 Å². The predicted octanol–water partition coefficient (Wildman–Crippen LogP) is 6.68. The van der Waals surface area contributed by atoms with Gasteiger partial charge in [-0.3, -0.25) is 19.8 Å². The Labute approximate surface area is 245 Å². The number of hydrogen-bond donors (Lipinski definition) is 1. The molecule has 1 saturated carbocycles. The summed E-state index contributed by atoms with van der Waals surface area (Å²) >= 11 is 0. The number of rotatable bonds is 7. The number of nitrogens with zero attached hydrogens (tertiary/aromatic N) is 2. The van der Waals surface area contributed by atoms with Gasteiger partial charge in [-0.25, -0.2) is 9.99 Å². The van der Waals surface area contributed by atoms with Gasteiger partial charge >= 0.3 is 12.1 Å². The maximum atomic E-state index is 14.0. The van der Waals surface area contributed by atoms with E-state index in [9.17, 15) is 27.6 Å². The average molecular weight is 592 g/mol. The predicted molar refractivity (Wildman–Crippen MR) is 151 cm³/mol. The topological polar surface area (TPSA) is 102 Å². The number of nitrogens with one attached hydrogen (secondary N) is 1. The van der Waals surface area contributed by atoms with Gasteiger partial charge in [-0.05, 0) is 55.2 Å². The van der Waals surface area contributed by atoms with E-state index in [0.717, 1.165) is 16.1 Å². The smallest absolute Gasteiger partial charge is 0.452 e. The Hall–Kier alpha value is -4.93. The van der Waals surface area contributed by atoms with E-state index in [4.69, 9.17) is 9.15 Å². The van der Waals surface area contributed by atoms with E-state index in [1.165, 1.54) is 12.1 Å². The minimum atomic E-state index is -5.04. The van der Waals surface area contributed by atoms with E-state index in [1.54, 1.807) is 49.4 Å². The number of hydrogen-bond acceptors (Lipinski definition) is 6. The van der Waals surface area contributed by atoms with Gasteiger partial charge in [0.1, 0.15) is 0 Å². The molecule has 0 saturated heterocycles. The number of esters is 1. The molecule has 0 bridgehead atoms. The van der Waals surface area contributed by atoms with Crippen LogP contribution in [-0.4, -0.2) is 29.4 Å². The summed E-state index contributed by atoms with van der Waals surface area (Å²) < 4.78 is 52.1. The van der Waals surface area contributed by atoms with Crippen LogP contribution in [0.4, 0.5) is 18.9 Å². The van der Waals surface area contributed by atoms with Crippen LogP contribution in [0.1, 0.15) is 42.4 Å². The summed E-state index contributed by atoms with van der Waals surface area (Å²) in [6.07, 6.45) is -3.73. The molecule has 2 amide bonds. The molecule has 43 heavy (non-hydrogen) atoms. The van der Waals surface area contributed by atoms with Gasteiger partial charge in [0, 0.05) is 5.56 Å². The summed E-state index contributed by atoms with van der Waals surface area (Å²) in [5.41, 5.74) is 3.44. The SMILES string of the molecule is CCOC(=O)C1CCCC1C(=O)N(NC(=O)c1nc(-c2ccccc2)oc1C(F)(F)F)c1ccc(-c2ccccc2)cc1. The van der Waals surface area contributed by atoms with Gasteiger partial charge in [0.25, 0.3) is 5.91 Å². The average Bonchev–Trinajstić information content (AvgIpc) is 3.70. The number of alkyl halides is 3. The third-order valence-electron chi connectivity index (χ3n) is 7.21. The Morgan fingerprint density at radius 1 is 0.884 bits per heavy atom. The van der Waals surface area contributed by atoms with Gasteiger partial charge in [0.2, 0.25) is 17.6 Å². The molecule has 1 aromatic heterocycles. The molecule has 2 atom stereocenters. The van der Waals surface area contributed by atoms with Crippen molar-refractivity contribution in [1.29, 1.82) is 0 Å². The Kier molecular flexibility index (Phi) is 8.61. The second-order valence-corrected chi connectivity index (χ2v) is 9.98. The number of benzene rings is 3. The van der Waals surface area contributed by atoms with Crippen LogP contribution < -0.4 is 10.4 Å². The second-order valence-electron chi connectivity index (χ2n) is 9.98. The zero-order chi connectivity index (χ0) is 30.6. The monoisotopic (exact) mass is 591 g/mol. The normalized spacial score (nSPS) is 16.5. The van der Waals surface area contributed by atoms with Crippen molar-refractivity contribution >= 4 is 23.5 Å². The third kappa shape index (κ3) is 6.45. The molecule has 5 rings (SSSR count). The first-order valence-electron chi connectivity index (χ1n) is 13.8. The number of amides is 2. The Morgan fingerprint density at radius 3 is 2.07 bits per heavy atom. The molecule has 1 heterocycles. The first-order valence-corrected chi connectivity index (χ1v) is 13.8. The molecule has 0 spiro atoms. The van der Waals surface area contributed by atoms with E-state index in [0.29, 0.717) is 19.3 Å². The molecule has 4 aromatic rings. The minimum absolute atomic E-state index is 0.133. The largest absolute Gasteiger partial charge is 0.466 e. The van der Waals surface area contributed by atoms with Gasteiger partial charge in [0.15, 0.2) is 5.69 Å². The minimum Gasteiger partial charge on any atom is -0.466 e. The fourth-order valence-electron chi connectivity index (χ4n) is 5.16. The third-order valence-corrected chi connectivity index (χ3v) is 7.21. The lowest BCUT2D eigenvalue weighted by molar-refractivity contribution is -0.153. The lowest BCUT2D eigenvalue weighted by atomic mass is 9.94. The van der Waals surface area contributed by atoms with Crippen LogP contribution >= 0.6 is 0 Å². The highest BCUT2D eigenvalue weighted by Gasteiger charge is 2.44. The maximum absolute atomic E-state index is 14.0. The van der Waals surface area contributed by atoms with Crippen molar-refractivity contribution in [3.63, 3.8) is 0 Å². The van der Waals surface area contributed by atoms with Crippen LogP contribution in [0.2, 0.25) is 0 Å². The number of ether oxygens (including phenoxy) is 1. The zero-order valence-electron chi connectivity index (χ0n) is 23.1. The van der Waals surface area contributed by atoms with Crippen LogP contribution in [0, 0.1) is 11.8 Å². The number of hydrazine groups is 1. The fraction of sp³-hybridized carbons (Fsp3) is 0.250. The van der Waals surface area contributed by atoms with Crippen LogP contribution in [0.15, 0.2) is 89.3 Å². The molecule has 1 aliphatic carbocycles. The highest BCUT2D eigenvalue weighted by atomic mass is 19.4. The van der Waals surface area contributed by atoms with Gasteiger partial charge < -0.3 is 9.15 Å². The first kappa shape index (κ1) is 29.6. The van der Waals surface area contributed by atoms with Crippen LogP contribution in [0.5, 0.6) is 0 Å². The molecule has 3 aromatic carbocycles. The van der Waals surface area contributed by atoms with E-state index < -0.39 is 53.1 Å². The highest BCUT2D eigenvalue weighted by molar-refractivity contribution is 6.03. The highest BCUT2D eigenvalue weighted by Crippen LogP contribution is 2.37. The number of carbonyl (C=O) groups is 3. The molecule has 8 nitrogen and oxygen atoms in total. The van der Waals surface area contributed by atoms with Gasteiger partial charge in [-0.15, -0.1) is 0 Å². The van der Waals surface area contributed by atoms with Crippen molar-refractivity contribution < 1.29 is 36.7 Å². The van der Waals surface area contributed by atoms with Crippen molar-refractivity contribution in [3.05, 3.63) is 96.4 Å². The quantitative estimate of drug-likeness (QED) is 0.190. The summed E-state index contributed by atoms with van der Waals surface area (Å²) in [4.78, 5) is 43.9. The second kappa shape index (κ2) is 12.5. The molecular weight excluding hydrogens is 563 g/mol. The molecule has 1 N–H and O–H groups in total.